The minimum atomic E-state index is -0.810. The van der Waals surface area contributed by atoms with Gasteiger partial charge in [-0.1, -0.05) is 0 Å². The molecule has 0 atom stereocenters. The van der Waals surface area contributed by atoms with Crippen LogP contribution in [0.1, 0.15) is 41.5 Å². The maximum absolute atomic E-state index is 12.5. The van der Waals surface area contributed by atoms with Crippen LogP contribution in [0.5, 0.6) is 5.75 Å². The van der Waals surface area contributed by atoms with E-state index in [0.29, 0.717) is 19.0 Å². The second-order valence-electron chi connectivity index (χ2n) is 6.66. The molecule has 2 N–H and O–H groups in total. The Morgan fingerprint density at radius 2 is 2.16 bits per heavy atom. The number of rotatable bonds is 3. The minimum Gasteiger partial charge on any atom is -0.501 e. The van der Waals surface area contributed by atoms with E-state index in [1.165, 1.54) is 4.57 Å². The fourth-order valence-corrected chi connectivity index (χ4v) is 2.93. The molecule has 0 spiro atoms. The number of hydrogen-bond donors (Lipinski definition) is 2. The summed E-state index contributed by atoms with van der Waals surface area (Å²) in [4.78, 5) is 29.1. The summed E-state index contributed by atoms with van der Waals surface area (Å²) in [5.41, 5.74) is 0.261. The maximum atomic E-state index is 12.5. The fourth-order valence-electron chi connectivity index (χ4n) is 2.93. The predicted molar refractivity (Wildman–Crippen MR) is 90.5 cm³/mol. The third kappa shape index (κ3) is 2.93. The Morgan fingerprint density at radius 1 is 1.44 bits per heavy atom. The Balaban J connectivity index is 1.92. The molecule has 1 aliphatic rings. The average Bonchev–Trinajstić information content (AvgIpc) is 2.87. The van der Waals surface area contributed by atoms with Gasteiger partial charge in [0.1, 0.15) is 11.4 Å². The van der Waals surface area contributed by atoms with E-state index in [1.54, 1.807) is 13.8 Å². The highest BCUT2D eigenvalue weighted by Gasteiger charge is 2.34. The van der Waals surface area contributed by atoms with Gasteiger partial charge in [0.05, 0.1) is 19.7 Å². The number of aryl methyl sites for hydroxylation is 1. The van der Waals surface area contributed by atoms with Crippen molar-refractivity contribution in [1.29, 1.82) is 0 Å². The van der Waals surface area contributed by atoms with Crippen LogP contribution >= 0.6 is 0 Å². The van der Waals surface area contributed by atoms with E-state index in [4.69, 9.17) is 4.74 Å². The molecule has 134 valence electrons. The summed E-state index contributed by atoms with van der Waals surface area (Å²) in [6.45, 7) is 6.42. The molecule has 2 aromatic rings. The number of ether oxygens (including phenoxy) is 1. The first-order valence-electron chi connectivity index (χ1n) is 8.10. The van der Waals surface area contributed by atoms with Crippen LogP contribution in [0.25, 0.3) is 0 Å². The number of amides is 1. The Kier molecular flexibility index (Phi) is 4.16. The van der Waals surface area contributed by atoms with Crippen molar-refractivity contribution in [3.63, 3.8) is 0 Å². The number of hydrogen-bond acceptors (Lipinski definition) is 5. The number of aromatic nitrogens is 3. The van der Waals surface area contributed by atoms with Gasteiger partial charge in [0.15, 0.2) is 5.69 Å². The van der Waals surface area contributed by atoms with E-state index in [2.05, 4.69) is 10.3 Å². The molecule has 0 saturated carbocycles. The highest BCUT2D eigenvalue weighted by molar-refractivity contribution is 5.94. The van der Waals surface area contributed by atoms with Crippen LogP contribution in [0.4, 0.5) is 0 Å². The van der Waals surface area contributed by atoms with Crippen LogP contribution in [-0.2, 0) is 30.5 Å². The Morgan fingerprint density at radius 3 is 2.80 bits per heavy atom. The molecule has 3 rings (SSSR count). The minimum absolute atomic E-state index is 0.266. The van der Waals surface area contributed by atoms with Crippen molar-refractivity contribution in [1.82, 2.24) is 19.4 Å². The van der Waals surface area contributed by atoms with Gasteiger partial charge in [-0.05, 0) is 32.9 Å². The van der Waals surface area contributed by atoms with Crippen LogP contribution in [0, 0.1) is 6.92 Å². The summed E-state index contributed by atoms with van der Waals surface area (Å²) < 4.78 is 8.94. The number of nitrogens with zero attached hydrogens (tertiary/aromatic N) is 3. The molecule has 0 saturated heterocycles. The van der Waals surface area contributed by atoms with Crippen molar-refractivity contribution in [2.45, 2.75) is 39.5 Å². The molecule has 0 fully saturated rings. The average molecular weight is 346 g/mol. The van der Waals surface area contributed by atoms with Gasteiger partial charge in [0, 0.05) is 18.4 Å². The lowest BCUT2D eigenvalue weighted by molar-refractivity contribution is -0.0566. The Bertz CT molecular complexity index is 895. The largest absolute Gasteiger partial charge is 0.501 e. The number of aromatic hydroxyl groups is 1. The molecule has 0 unspecified atom stereocenters. The first kappa shape index (κ1) is 17.2. The van der Waals surface area contributed by atoms with E-state index in [-0.39, 0.29) is 12.2 Å². The topological polar surface area (TPSA) is 98.4 Å². The molecular weight excluding hydrogens is 324 g/mol. The van der Waals surface area contributed by atoms with Crippen LogP contribution in [0.3, 0.4) is 0 Å². The lowest BCUT2D eigenvalue weighted by Gasteiger charge is -2.32. The highest BCUT2D eigenvalue weighted by atomic mass is 16.5. The number of carbonyl (C=O) groups is 1. The first-order valence-corrected chi connectivity index (χ1v) is 8.10. The van der Waals surface area contributed by atoms with Gasteiger partial charge < -0.3 is 19.7 Å². The quantitative estimate of drug-likeness (QED) is 0.856. The summed E-state index contributed by atoms with van der Waals surface area (Å²) in [5.74, 6) is -0.901. The highest BCUT2D eigenvalue weighted by Crippen LogP contribution is 2.27. The van der Waals surface area contributed by atoms with Crippen molar-refractivity contribution < 1.29 is 14.6 Å². The van der Waals surface area contributed by atoms with Crippen molar-refractivity contribution >= 4 is 5.91 Å². The van der Waals surface area contributed by atoms with E-state index in [0.717, 1.165) is 11.4 Å². The van der Waals surface area contributed by atoms with Gasteiger partial charge >= 0.3 is 0 Å². The van der Waals surface area contributed by atoms with Gasteiger partial charge in [-0.3, -0.25) is 14.2 Å². The maximum Gasteiger partial charge on any atom is 0.296 e. The molecule has 0 bridgehead atoms. The van der Waals surface area contributed by atoms with E-state index in [1.807, 2.05) is 30.7 Å². The monoisotopic (exact) mass is 346 g/mol. The molecule has 8 nitrogen and oxygen atoms in total. The van der Waals surface area contributed by atoms with Crippen molar-refractivity contribution in [2.75, 3.05) is 6.61 Å². The molecule has 3 heterocycles. The zero-order chi connectivity index (χ0) is 18.4. The summed E-state index contributed by atoms with van der Waals surface area (Å²) in [5, 5.41) is 12.8. The van der Waals surface area contributed by atoms with Gasteiger partial charge in [-0.15, -0.1) is 0 Å². The Labute approximate surface area is 145 Å². The fraction of sp³-hybridized carbons (Fsp3) is 0.471. The summed E-state index contributed by atoms with van der Waals surface area (Å²) in [6, 6.07) is 3.85. The van der Waals surface area contributed by atoms with E-state index >= 15 is 0 Å². The molecule has 8 heteroatoms. The van der Waals surface area contributed by atoms with Crippen LogP contribution < -0.4 is 10.9 Å². The molecule has 2 aromatic heterocycles. The zero-order valence-electron chi connectivity index (χ0n) is 14.8. The number of carbonyl (C=O) groups excluding carboxylic acids is 1. The smallest absolute Gasteiger partial charge is 0.296 e. The molecular formula is C17H22N4O4. The molecule has 0 aliphatic carbocycles. The SMILES string of the molecule is Cc1ccc(CNC(=O)c2nc3n(c(=O)c2O)CCOC3(C)C)n1C. The predicted octanol–water partition coefficient (Wildman–Crippen LogP) is 0.791. The summed E-state index contributed by atoms with van der Waals surface area (Å²) in [7, 11) is 1.90. The summed E-state index contributed by atoms with van der Waals surface area (Å²) >= 11 is 0. The van der Waals surface area contributed by atoms with Crippen molar-refractivity contribution in [2.24, 2.45) is 7.05 Å². The summed E-state index contributed by atoms with van der Waals surface area (Å²) in [6.07, 6.45) is 0. The van der Waals surface area contributed by atoms with Crippen LogP contribution in [-0.4, -0.2) is 31.7 Å². The van der Waals surface area contributed by atoms with Gasteiger partial charge in [-0.2, -0.15) is 0 Å². The molecule has 0 aromatic carbocycles. The molecule has 25 heavy (non-hydrogen) atoms. The third-order valence-electron chi connectivity index (χ3n) is 4.58. The third-order valence-corrected chi connectivity index (χ3v) is 4.58. The lowest BCUT2D eigenvalue weighted by atomic mass is 10.1. The Hall–Kier alpha value is -2.61. The normalized spacial score (nSPS) is 15.7. The first-order chi connectivity index (χ1) is 11.7. The molecule has 0 radical (unpaired) electrons. The van der Waals surface area contributed by atoms with Crippen LogP contribution in [0.15, 0.2) is 16.9 Å². The van der Waals surface area contributed by atoms with Crippen molar-refractivity contribution in [3.8, 4) is 5.75 Å². The molecule has 1 aliphatic heterocycles. The second kappa shape index (κ2) is 6.03. The second-order valence-corrected chi connectivity index (χ2v) is 6.66. The van der Waals surface area contributed by atoms with Crippen LogP contribution in [0.2, 0.25) is 0 Å². The van der Waals surface area contributed by atoms with Gasteiger partial charge in [-0.25, -0.2) is 4.98 Å². The van der Waals surface area contributed by atoms with Gasteiger partial charge in [0.25, 0.3) is 11.5 Å². The zero-order valence-corrected chi connectivity index (χ0v) is 14.8. The standard InChI is InChI=1S/C17H22N4O4/c1-10-5-6-11(20(10)4)9-18-14(23)12-13(22)15(24)21-7-8-25-17(2,3)16(21)19-12/h5-6,22H,7-9H2,1-4H3,(H,18,23). The van der Waals surface area contributed by atoms with Gasteiger partial charge in [0.2, 0.25) is 5.75 Å². The van der Waals surface area contributed by atoms with E-state index < -0.39 is 22.8 Å². The van der Waals surface area contributed by atoms with E-state index in [9.17, 15) is 14.7 Å². The lowest BCUT2D eigenvalue weighted by Crippen LogP contribution is -2.42. The number of nitrogens with one attached hydrogen (secondary N) is 1. The number of fused-ring (bicyclic) bond motifs is 1. The molecule has 1 amide bonds. The van der Waals surface area contributed by atoms with Crippen molar-refractivity contribution in [3.05, 3.63) is 45.4 Å².